The molecule has 1 N–H and O–H groups in total. The zero-order valence-electron chi connectivity index (χ0n) is 10.6. The van der Waals surface area contributed by atoms with E-state index in [2.05, 4.69) is 20.7 Å². The molecule has 102 valence electrons. The zero-order valence-corrected chi connectivity index (χ0v) is 13.0. The molecule has 1 rings (SSSR count). The van der Waals surface area contributed by atoms with Gasteiger partial charge in [-0.15, -0.1) is 0 Å². The molecular formula is C12H24BrNO2S. The van der Waals surface area contributed by atoms with Crippen molar-refractivity contribution in [1.82, 2.24) is 4.72 Å². The molecular weight excluding hydrogens is 302 g/mol. The molecule has 0 aliphatic heterocycles. The zero-order chi connectivity index (χ0) is 12.7. The van der Waals surface area contributed by atoms with Gasteiger partial charge in [-0.2, -0.15) is 0 Å². The largest absolute Gasteiger partial charge is 0.215 e. The van der Waals surface area contributed by atoms with Gasteiger partial charge < -0.3 is 0 Å². The second-order valence-electron chi connectivity index (χ2n) is 4.98. The molecule has 0 spiro atoms. The molecule has 0 radical (unpaired) electrons. The van der Waals surface area contributed by atoms with Crippen LogP contribution in [0.15, 0.2) is 0 Å². The van der Waals surface area contributed by atoms with Crippen LogP contribution in [-0.4, -0.2) is 26.0 Å². The highest BCUT2D eigenvalue weighted by atomic mass is 79.9. The molecule has 0 aromatic rings. The third kappa shape index (κ3) is 5.71. The quantitative estimate of drug-likeness (QED) is 0.731. The van der Waals surface area contributed by atoms with Crippen LogP contribution in [0.2, 0.25) is 0 Å². The highest BCUT2D eigenvalue weighted by molar-refractivity contribution is 9.09. The minimum absolute atomic E-state index is 0.273. The maximum Gasteiger partial charge on any atom is 0.211 e. The first kappa shape index (κ1) is 15.4. The van der Waals surface area contributed by atoms with Crippen LogP contribution in [0.4, 0.5) is 0 Å². The summed E-state index contributed by atoms with van der Waals surface area (Å²) in [7, 11) is -3.04. The Morgan fingerprint density at radius 1 is 1.24 bits per heavy atom. The Bertz CT molecular complexity index is 306. The summed E-state index contributed by atoms with van der Waals surface area (Å²) in [4.78, 5) is 0. The SMILES string of the molecule is CCCCS(=O)(=O)NCC1CCCCC1CBr. The van der Waals surface area contributed by atoms with E-state index in [-0.39, 0.29) is 5.75 Å². The Hall–Kier alpha value is 0.390. The predicted octanol–water partition coefficient (Wildman–Crippen LogP) is 2.91. The van der Waals surface area contributed by atoms with E-state index >= 15 is 0 Å². The number of hydrogen-bond donors (Lipinski definition) is 1. The normalized spacial score (nSPS) is 26.0. The summed E-state index contributed by atoms with van der Waals surface area (Å²) in [6.07, 6.45) is 6.59. The summed E-state index contributed by atoms with van der Waals surface area (Å²) in [5, 5.41) is 0.994. The molecule has 0 bridgehead atoms. The molecule has 1 aliphatic carbocycles. The summed E-state index contributed by atoms with van der Waals surface area (Å²) in [6.45, 7) is 2.64. The van der Waals surface area contributed by atoms with Crippen molar-refractivity contribution in [1.29, 1.82) is 0 Å². The van der Waals surface area contributed by atoms with Crippen LogP contribution in [0, 0.1) is 11.8 Å². The van der Waals surface area contributed by atoms with Gasteiger partial charge in [0.1, 0.15) is 0 Å². The summed E-state index contributed by atoms with van der Waals surface area (Å²) >= 11 is 3.54. The van der Waals surface area contributed by atoms with Crippen LogP contribution in [0.3, 0.4) is 0 Å². The van der Waals surface area contributed by atoms with E-state index in [4.69, 9.17) is 0 Å². The van der Waals surface area contributed by atoms with Gasteiger partial charge in [0.2, 0.25) is 10.0 Å². The fourth-order valence-corrected chi connectivity index (χ4v) is 4.53. The first-order chi connectivity index (χ1) is 8.09. The summed E-state index contributed by atoms with van der Waals surface area (Å²) < 4.78 is 26.2. The second-order valence-corrected chi connectivity index (χ2v) is 7.55. The lowest BCUT2D eigenvalue weighted by Gasteiger charge is -2.30. The van der Waals surface area contributed by atoms with Crippen LogP contribution in [0.5, 0.6) is 0 Å². The van der Waals surface area contributed by atoms with Gasteiger partial charge in [0.25, 0.3) is 0 Å². The van der Waals surface area contributed by atoms with E-state index in [1.165, 1.54) is 19.3 Å². The van der Waals surface area contributed by atoms with E-state index in [1.54, 1.807) is 0 Å². The summed E-state index contributed by atoms with van der Waals surface area (Å²) in [5.74, 6) is 1.42. The van der Waals surface area contributed by atoms with Gasteiger partial charge >= 0.3 is 0 Å². The minimum atomic E-state index is -3.04. The topological polar surface area (TPSA) is 46.2 Å². The lowest BCUT2D eigenvalue weighted by Crippen LogP contribution is -2.35. The van der Waals surface area contributed by atoms with Crippen molar-refractivity contribution >= 4 is 26.0 Å². The molecule has 0 amide bonds. The first-order valence-corrected chi connectivity index (χ1v) is 9.39. The molecule has 17 heavy (non-hydrogen) atoms. The molecule has 0 heterocycles. The molecule has 1 aliphatic rings. The van der Waals surface area contributed by atoms with Crippen LogP contribution in [-0.2, 0) is 10.0 Å². The highest BCUT2D eigenvalue weighted by Gasteiger charge is 2.25. The molecule has 3 nitrogen and oxygen atoms in total. The number of nitrogens with one attached hydrogen (secondary N) is 1. The average molecular weight is 326 g/mol. The number of rotatable bonds is 7. The molecule has 2 atom stereocenters. The number of unbranched alkanes of at least 4 members (excludes halogenated alkanes) is 1. The van der Waals surface area contributed by atoms with Gasteiger partial charge in [0.05, 0.1) is 5.75 Å². The molecule has 0 aromatic carbocycles. The van der Waals surface area contributed by atoms with E-state index in [0.717, 1.165) is 24.6 Å². The van der Waals surface area contributed by atoms with Gasteiger partial charge in [-0.25, -0.2) is 13.1 Å². The van der Waals surface area contributed by atoms with Crippen molar-refractivity contribution < 1.29 is 8.42 Å². The lowest BCUT2D eigenvalue weighted by atomic mass is 9.80. The Morgan fingerprint density at radius 3 is 2.47 bits per heavy atom. The van der Waals surface area contributed by atoms with Gasteiger partial charge in [0.15, 0.2) is 0 Å². The van der Waals surface area contributed by atoms with Crippen molar-refractivity contribution in [3.63, 3.8) is 0 Å². The molecule has 1 fully saturated rings. The number of sulfonamides is 1. The van der Waals surface area contributed by atoms with Crippen LogP contribution in [0.25, 0.3) is 0 Å². The first-order valence-electron chi connectivity index (χ1n) is 6.62. The van der Waals surface area contributed by atoms with Crippen molar-refractivity contribution in [2.24, 2.45) is 11.8 Å². The molecule has 0 aromatic heterocycles. The van der Waals surface area contributed by atoms with Gasteiger partial charge in [0, 0.05) is 11.9 Å². The smallest absolute Gasteiger partial charge is 0.211 e. The highest BCUT2D eigenvalue weighted by Crippen LogP contribution is 2.30. The fraction of sp³-hybridized carbons (Fsp3) is 1.00. The van der Waals surface area contributed by atoms with Gasteiger partial charge in [-0.3, -0.25) is 0 Å². The van der Waals surface area contributed by atoms with Crippen LogP contribution < -0.4 is 4.72 Å². The van der Waals surface area contributed by atoms with Crippen molar-refractivity contribution in [2.45, 2.75) is 45.4 Å². The van der Waals surface area contributed by atoms with Crippen LogP contribution >= 0.6 is 15.9 Å². The maximum atomic E-state index is 11.7. The second kappa shape index (κ2) is 7.74. The average Bonchev–Trinajstić information content (AvgIpc) is 2.34. The van der Waals surface area contributed by atoms with Gasteiger partial charge in [-0.1, -0.05) is 42.1 Å². The molecule has 0 saturated heterocycles. The Morgan fingerprint density at radius 2 is 1.88 bits per heavy atom. The number of halogens is 1. The Labute approximate surface area is 114 Å². The van der Waals surface area contributed by atoms with Gasteiger partial charge in [-0.05, 0) is 31.1 Å². The Balaban J connectivity index is 2.37. The monoisotopic (exact) mass is 325 g/mol. The number of alkyl halides is 1. The molecule has 5 heteroatoms. The van der Waals surface area contributed by atoms with E-state index in [9.17, 15) is 8.42 Å². The minimum Gasteiger partial charge on any atom is -0.215 e. The number of hydrogen-bond acceptors (Lipinski definition) is 2. The van der Waals surface area contributed by atoms with E-state index < -0.39 is 10.0 Å². The molecule has 1 saturated carbocycles. The van der Waals surface area contributed by atoms with Crippen molar-refractivity contribution in [3.8, 4) is 0 Å². The summed E-state index contributed by atoms with van der Waals surface area (Å²) in [6, 6.07) is 0. The maximum absolute atomic E-state index is 11.7. The fourth-order valence-electron chi connectivity index (χ4n) is 2.40. The Kier molecular flexibility index (Phi) is 7.04. The van der Waals surface area contributed by atoms with E-state index in [0.29, 0.717) is 18.4 Å². The summed E-state index contributed by atoms with van der Waals surface area (Å²) in [5.41, 5.74) is 0. The van der Waals surface area contributed by atoms with Crippen molar-refractivity contribution in [2.75, 3.05) is 17.6 Å². The lowest BCUT2D eigenvalue weighted by molar-refractivity contribution is 0.263. The van der Waals surface area contributed by atoms with Crippen LogP contribution in [0.1, 0.15) is 45.4 Å². The standard InChI is InChI=1S/C12H24BrNO2S/c1-2-3-8-17(15,16)14-10-12-7-5-4-6-11(12)9-13/h11-12,14H,2-10H2,1H3. The van der Waals surface area contributed by atoms with E-state index in [1.807, 2.05) is 6.92 Å². The molecule has 2 unspecified atom stereocenters. The predicted molar refractivity (Wildman–Crippen MR) is 75.9 cm³/mol. The van der Waals surface area contributed by atoms with Crippen molar-refractivity contribution in [3.05, 3.63) is 0 Å². The third-order valence-electron chi connectivity index (χ3n) is 3.60. The third-order valence-corrected chi connectivity index (χ3v) is 5.86.